The molecule has 2 aromatic heterocycles. The molecule has 1 aliphatic carbocycles. The summed E-state index contributed by atoms with van der Waals surface area (Å²) in [6, 6.07) is -0.511. The Balaban J connectivity index is 2.04. The lowest BCUT2D eigenvalue weighted by Gasteiger charge is -2.16. The zero-order valence-electron chi connectivity index (χ0n) is 11.4. The van der Waals surface area contributed by atoms with Crippen molar-refractivity contribution >= 4 is 28.7 Å². The summed E-state index contributed by atoms with van der Waals surface area (Å²) in [7, 11) is 0. The third-order valence-electron chi connectivity index (χ3n) is 3.25. The van der Waals surface area contributed by atoms with E-state index in [2.05, 4.69) is 27.2 Å². The number of fused-ring (bicyclic) bond motifs is 1. The minimum absolute atomic E-state index is 0.266. The normalized spacial score (nSPS) is 25.0. The molecule has 112 valence electrons. The zero-order chi connectivity index (χ0) is 15.0. The number of hydrogen-bond acceptors (Lipinski definition) is 8. The average molecular weight is 308 g/mol. The molecule has 3 atom stereocenters. The van der Waals surface area contributed by atoms with Crippen LogP contribution in [0.4, 0.5) is 5.82 Å². The first kappa shape index (κ1) is 14.2. The second-order valence-electron chi connectivity index (χ2n) is 4.80. The number of nitrogens with two attached hydrogens (primary N) is 1. The maximum atomic E-state index is 9.99. The summed E-state index contributed by atoms with van der Waals surface area (Å²) < 4.78 is 1.47. The molecule has 21 heavy (non-hydrogen) atoms. The standard InChI is InChI=1S/C12H16N6O2S/c1-2-5-21-12-14-10(13)8-11(15-12)18(17-16-8)6-3-4-7(19)9(6)20/h3-4,6-7,9,19-20H,2,5H2,1H3,(H2,13,14,15)/t6-,7?,9+/m1/s1. The van der Waals surface area contributed by atoms with Gasteiger partial charge in [-0.25, -0.2) is 14.6 Å². The number of aromatic nitrogens is 5. The number of nitrogens with zero attached hydrogens (tertiary/aromatic N) is 5. The predicted molar refractivity (Wildman–Crippen MR) is 78.7 cm³/mol. The molecular formula is C12H16N6O2S. The first-order valence-electron chi connectivity index (χ1n) is 6.67. The molecule has 3 rings (SSSR count). The van der Waals surface area contributed by atoms with Crippen molar-refractivity contribution in [1.29, 1.82) is 0 Å². The third-order valence-corrected chi connectivity index (χ3v) is 4.31. The fraction of sp³-hybridized carbons (Fsp3) is 0.500. The molecule has 0 aromatic carbocycles. The van der Waals surface area contributed by atoms with E-state index in [1.54, 1.807) is 6.08 Å². The van der Waals surface area contributed by atoms with Crippen molar-refractivity contribution in [2.24, 2.45) is 0 Å². The second-order valence-corrected chi connectivity index (χ2v) is 5.86. The first-order chi connectivity index (χ1) is 10.1. The highest BCUT2D eigenvalue weighted by molar-refractivity contribution is 7.99. The molecule has 2 heterocycles. The van der Waals surface area contributed by atoms with Crippen LogP contribution in [0.25, 0.3) is 11.2 Å². The van der Waals surface area contributed by atoms with Crippen molar-refractivity contribution in [2.75, 3.05) is 11.5 Å². The Morgan fingerprint density at radius 3 is 2.81 bits per heavy atom. The Bertz CT molecular complexity index is 688. The summed E-state index contributed by atoms with van der Waals surface area (Å²) in [6.07, 6.45) is 2.32. The molecule has 1 aliphatic rings. The number of rotatable bonds is 4. The summed E-state index contributed by atoms with van der Waals surface area (Å²) in [6.45, 7) is 2.07. The van der Waals surface area contributed by atoms with E-state index in [9.17, 15) is 10.2 Å². The minimum atomic E-state index is -0.974. The molecule has 0 aliphatic heterocycles. The monoisotopic (exact) mass is 308 g/mol. The average Bonchev–Trinajstić information content (AvgIpc) is 3.02. The lowest BCUT2D eigenvalue weighted by Crippen LogP contribution is -2.28. The zero-order valence-corrected chi connectivity index (χ0v) is 12.2. The van der Waals surface area contributed by atoms with Gasteiger partial charge in [-0.2, -0.15) is 0 Å². The molecule has 1 unspecified atom stereocenters. The first-order valence-corrected chi connectivity index (χ1v) is 7.66. The van der Waals surface area contributed by atoms with Crippen LogP contribution >= 0.6 is 11.8 Å². The van der Waals surface area contributed by atoms with Crippen LogP contribution in [0.3, 0.4) is 0 Å². The highest BCUT2D eigenvalue weighted by Crippen LogP contribution is 2.28. The third kappa shape index (κ3) is 2.47. The molecule has 0 saturated heterocycles. The number of aliphatic hydroxyl groups is 2. The van der Waals surface area contributed by atoms with E-state index in [4.69, 9.17) is 5.73 Å². The maximum Gasteiger partial charge on any atom is 0.191 e. The molecule has 0 radical (unpaired) electrons. The van der Waals surface area contributed by atoms with Crippen molar-refractivity contribution in [1.82, 2.24) is 25.0 Å². The molecule has 8 nitrogen and oxygen atoms in total. The Morgan fingerprint density at radius 2 is 2.14 bits per heavy atom. The minimum Gasteiger partial charge on any atom is -0.387 e. The van der Waals surface area contributed by atoms with Gasteiger partial charge in [0.25, 0.3) is 0 Å². The fourth-order valence-electron chi connectivity index (χ4n) is 2.17. The van der Waals surface area contributed by atoms with E-state index in [-0.39, 0.29) is 5.82 Å². The number of aliphatic hydroxyl groups excluding tert-OH is 2. The lowest BCUT2D eigenvalue weighted by molar-refractivity contribution is 0.0345. The van der Waals surface area contributed by atoms with E-state index in [0.717, 1.165) is 12.2 Å². The van der Waals surface area contributed by atoms with Gasteiger partial charge in [-0.15, -0.1) is 5.10 Å². The van der Waals surface area contributed by atoms with Crippen LogP contribution in [-0.2, 0) is 0 Å². The summed E-state index contributed by atoms with van der Waals surface area (Å²) in [5.41, 5.74) is 6.76. The molecule has 4 N–H and O–H groups in total. The Labute approximate surface area is 125 Å². The maximum absolute atomic E-state index is 9.99. The van der Waals surface area contributed by atoms with Crippen LogP contribution < -0.4 is 5.73 Å². The van der Waals surface area contributed by atoms with Crippen LogP contribution in [0.1, 0.15) is 19.4 Å². The van der Waals surface area contributed by atoms with Crippen LogP contribution in [0.15, 0.2) is 17.3 Å². The molecule has 0 amide bonds. The molecule has 2 aromatic rings. The van der Waals surface area contributed by atoms with Crippen molar-refractivity contribution in [2.45, 2.75) is 36.8 Å². The van der Waals surface area contributed by atoms with E-state index in [0.29, 0.717) is 16.3 Å². The van der Waals surface area contributed by atoms with Crippen molar-refractivity contribution in [3.05, 3.63) is 12.2 Å². The van der Waals surface area contributed by atoms with Gasteiger partial charge < -0.3 is 15.9 Å². The predicted octanol–water partition coefficient (Wildman–Crippen LogP) is 0.138. The van der Waals surface area contributed by atoms with Gasteiger partial charge in [-0.3, -0.25) is 0 Å². The summed E-state index contributed by atoms with van der Waals surface area (Å²) >= 11 is 1.50. The summed E-state index contributed by atoms with van der Waals surface area (Å²) in [5.74, 6) is 1.15. The van der Waals surface area contributed by atoms with Crippen LogP contribution in [0.5, 0.6) is 0 Å². The smallest absolute Gasteiger partial charge is 0.191 e. The molecule has 0 saturated carbocycles. The number of anilines is 1. The lowest BCUT2D eigenvalue weighted by atomic mass is 10.2. The topological polar surface area (TPSA) is 123 Å². The number of nitrogen functional groups attached to an aromatic ring is 1. The molecular weight excluding hydrogens is 292 g/mol. The fourth-order valence-corrected chi connectivity index (χ4v) is 2.87. The van der Waals surface area contributed by atoms with Gasteiger partial charge in [-0.1, -0.05) is 36.1 Å². The number of hydrogen-bond donors (Lipinski definition) is 3. The van der Waals surface area contributed by atoms with Gasteiger partial charge in [0, 0.05) is 5.75 Å². The van der Waals surface area contributed by atoms with E-state index in [1.807, 2.05) is 0 Å². The van der Waals surface area contributed by atoms with Crippen molar-refractivity contribution < 1.29 is 10.2 Å². The highest BCUT2D eigenvalue weighted by Gasteiger charge is 2.32. The van der Waals surface area contributed by atoms with E-state index >= 15 is 0 Å². The van der Waals surface area contributed by atoms with Crippen LogP contribution in [0.2, 0.25) is 0 Å². The van der Waals surface area contributed by atoms with E-state index in [1.165, 1.54) is 22.5 Å². The summed E-state index contributed by atoms with van der Waals surface area (Å²) in [5, 5.41) is 28.1. The summed E-state index contributed by atoms with van der Waals surface area (Å²) in [4.78, 5) is 8.62. The van der Waals surface area contributed by atoms with Gasteiger partial charge in [0.05, 0.1) is 0 Å². The molecule has 9 heteroatoms. The van der Waals surface area contributed by atoms with Gasteiger partial charge in [0.1, 0.15) is 18.2 Å². The van der Waals surface area contributed by atoms with Crippen molar-refractivity contribution in [3.8, 4) is 0 Å². The quantitative estimate of drug-likeness (QED) is 0.414. The molecule has 0 spiro atoms. The Morgan fingerprint density at radius 1 is 1.33 bits per heavy atom. The van der Waals surface area contributed by atoms with Gasteiger partial charge in [-0.05, 0) is 6.42 Å². The van der Waals surface area contributed by atoms with Crippen LogP contribution in [0, 0.1) is 0 Å². The van der Waals surface area contributed by atoms with Crippen LogP contribution in [-0.4, -0.2) is 53.1 Å². The Kier molecular flexibility index (Phi) is 3.79. The highest BCUT2D eigenvalue weighted by atomic mass is 32.2. The van der Waals surface area contributed by atoms with Gasteiger partial charge in [0.2, 0.25) is 0 Å². The Hall–Kier alpha value is -1.71. The number of thioether (sulfide) groups is 1. The van der Waals surface area contributed by atoms with E-state index < -0.39 is 18.2 Å². The van der Waals surface area contributed by atoms with Crippen molar-refractivity contribution in [3.63, 3.8) is 0 Å². The second kappa shape index (κ2) is 5.58. The largest absolute Gasteiger partial charge is 0.387 e. The molecule has 0 fully saturated rings. The van der Waals surface area contributed by atoms with Gasteiger partial charge in [0.15, 0.2) is 22.1 Å². The SMILES string of the molecule is CCCSc1nc(N)c2nnn([C@@H]3C=CC(O)[C@H]3O)c2n1. The van der Waals surface area contributed by atoms with Gasteiger partial charge >= 0.3 is 0 Å². The molecule has 0 bridgehead atoms.